The van der Waals surface area contributed by atoms with Crippen molar-refractivity contribution in [2.24, 2.45) is 0 Å². The van der Waals surface area contributed by atoms with Crippen molar-refractivity contribution in [3.05, 3.63) is 18.3 Å². The number of likely N-dealkylation sites (N-methyl/N-ethyl adjacent to an activating group) is 1. The summed E-state index contributed by atoms with van der Waals surface area (Å²) in [6, 6.07) is 3.04. The van der Waals surface area contributed by atoms with Gasteiger partial charge in [-0.05, 0) is 18.6 Å². The SMILES string of the molecule is CN1CCCN(S(=O)(=O)c2ncccc2N)CC1=O. The summed E-state index contributed by atoms with van der Waals surface area (Å²) in [6.45, 7) is 0.659. The highest BCUT2D eigenvalue weighted by Gasteiger charge is 2.31. The van der Waals surface area contributed by atoms with E-state index in [2.05, 4.69) is 4.98 Å². The number of pyridine rings is 1. The molecule has 19 heavy (non-hydrogen) atoms. The van der Waals surface area contributed by atoms with E-state index in [4.69, 9.17) is 5.73 Å². The van der Waals surface area contributed by atoms with Gasteiger partial charge in [0.25, 0.3) is 10.0 Å². The summed E-state index contributed by atoms with van der Waals surface area (Å²) >= 11 is 0. The molecule has 2 N–H and O–H groups in total. The van der Waals surface area contributed by atoms with Crippen LogP contribution in [0.25, 0.3) is 0 Å². The molecule has 1 fully saturated rings. The average Bonchev–Trinajstić information content (AvgIpc) is 2.53. The number of rotatable bonds is 2. The fraction of sp³-hybridized carbons (Fsp3) is 0.455. The Morgan fingerprint density at radius 3 is 2.79 bits per heavy atom. The number of hydrogen-bond acceptors (Lipinski definition) is 5. The first-order chi connectivity index (χ1) is 8.93. The van der Waals surface area contributed by atoms with Crippen molar-refractivity contribution in [1.82, 2.24) is 14.2 Å². The Labute approximate surface area is 112 Å². The van der Waals surface area contributed by atoms with Gasteiger partial charge in [-0.15, -0.1) is 0 Å². The number of aromatic nitrogens is 1. The van der Waals surface area contributed by atoms with Crippen molar-refractivity contribution in [2.45, 2.75) is 11.4 Å². The monoisotopic (exact) mass is 284 g/mol. The number of anilines is 1. The van der Waals surface area contributed by atoms with Gasteiger partial charge >= 0.3 is 0 Å². The third-order valence-electron chi connectivity index (χ3n) is 3.02. The number of amides is 1. The summed E-state index contributed by atoms with van der Waals surface area (Å²) in [5.41, 5.74) is 5.74. The summed E-state index contributed by atoms with van der Waals surface area (Å²) in [6.07, 6.45) is 1.96. The highest BCUT2D eigenvalue weighted by atomic mass is 32.2. The van der Waals surface area contributed by atoms with Crippen LogP contribution in [0, 0.1) is 0 Å². The molecule has 1 aliphatic rings. The Morgan fingerprint density at radius 1 is 1.37 bits per heavy atom. The van der Waals surface area contributed by atoms with E-state index in [1.807, 2.05) is 0 Å². The molecular formula is C11H16N4O3S. The quantitative estimate of drug-likeness (QED) is 0.791. The molecule has 7 nitrogen and oxygen atoms in total. The summed E-state index contributed by atoms with van der Waals surface area (Å²) in [7, 11) is -2.16. The number of hydrogen-bond donors (Lipinski definition) is 1. The van der Waals surface area contributed by atoms with Gasteiger partial charge in [-0.3, -0.25) is 4.79 Å². The highest BCUT2D eigenvalue weighted by Crippen LogP contribution is 2.20. The lowest BCUT2D eigenvalue weighted by atomic mass is 10.4. The van der Waals surface area contributed by atoms with E-state index < -0.39 is 10.0 Å². The van der Waals surface area contributed by atoms with Crippen molar-refractivity contribution < 1.29 is 13.2 Å². The van der Waals surface area contributed by atoms with E-state index in [0.717, 1.165) is 4.31 Å². The van der Waals surface area contributed by atoms with Crippen molar-refractivity contribution in [2.75, 3.05) is 32.4 Å². The molecule has 0 unspecified atom stereocenters. The van der Waals surface area contributed by atoms with Crippen LogP contribution in [0.2, 0.25) is 0 Å². The van der Waals surface area contributed by atoms with E-state index in [9.17, 15) is 13.2 Å². The third-order valence-corrected chi connectivity index (χ3v) is 4.84. The fourth-order valence-corrected chi connectivity index (χ4v) is 3.36. The molecule has 104 valence electrons. The van der Waals surface area contributed by atoms with Gasteiger partial charge in [0.05, 0.1) is 12.2 Å². The van der Waals surface area contributed by atoms with Crippen molar-refractivity contribution >= 4 is 21.6 Å². The Kier molecular flexibility index (Phi) is 3.72. The fourth-order valence-electron chi connectivity index (χ4n) is 1.91. The molecule has 1 aliphatic heterocycles. The number of nitrogens with zero attached hydrogens (tertiary/aromatic N) is 3. The molecule has 0 bridgehead atoms. The second-order valence-electron chi connectivity index (χ2n) is 4.41. The summed E-state index contributed by atoms with van der Waals surface area (Å²) in [5, 5.41) is -0.188. The van der Waals surface area contributed by atoms with Crippen molar-refractivity contribution in [3.8, 4) is 0 Å². The zero-order valence-electron chi connectivity index (χ0n) is 10.6. The molecule has 1 amide bonds. The lowest BCUT2D eigenvalue weighted by Crippen LogP contribution is -2.38. The van der Waals surface area contributed by atoms with Crippen LogP contribution in [0.5, 0.6) is 0 Å². The first-order valence-electron chi connectivity index (χ1n) is 5.87. The van der Waals surface area contributed by atoms with Crippen molar-refractivity contribution in [1.29, 1.82) is 0 Å². The van der Waals surface area contributed by atoms with Gasteiger partial charge in [0.2, 0.25) is 5.91 Å². The van der Waals surface area contributed by atoms with Crippen LogP contribution in [0.15, 0.2) is 23.4 Å². The molecule has 1 saturated heterocycles. The number of nitrogens with two attached hydrogens (primary N) is 1. The molecule has 1 aromatic heterocycles. The third kappa shape index (κ3) is 2.69. The molecule has 0 aromatic carbocycles. The molecule has 1 aromatic rings. The number of carbonyl (C=O) groups is 1. The Morgan fingerprint density at radius 2 is 2.11 bits per heavy atom. The maximum Gasteiger partial charge on any atom is 0.263 e. The molecule has 0 saturated carbocycles. The van der Waals surface area contributed by atoms with E-state index >= 15 is 0 Å². The smallest absolute Gasteiger partial charge is 0.263 e. The molecule has 0 aliphatic carbocycles. The number of sulfonamides is 1. The predicted molar refractivity (Wildman–Crippen MR) is 69.7 cm³/mol. The van der Waals surface area contributed by atoms with Crippen LogP contribution in [0.1, 0.15) is 6.42 Å². The second kappa shape index (κ2) is 5.14. The van der Waals surface area contributed by atoms with E-state index in [0.29, 0.717) is 13.0 Å². The Balaban J connectivity index is 2.35. The first-order valence-corrected chi connectivity index (χ1v) is 7.31. The van der Waals surface area contributed by atoms with Gasteiger partial charge < -0.3 is 10.6 Å². The largest absolute Gasteiger partial charge is 0.396 e. The molecule has 2 heterocycles. The maximum atomic E-state index is 12.4. The highest BCUT2D eigenvalue weighted by molar-refractivity contribution is 7.89. The molecular weight excluding hydrogens is 268 g/mol. The molecule has 2 rings (SSSR count). The Hall–Kier alpha value is -1.67. The summed E-state index contributed by atoms with van der Waals surface area (Å²) in [5.74, 6) is -0.226. The van der Waals surface area contributed by atoms with Crippen LogP contribution in [-0.2, 0) is 14.8 Å². The second-order valence-corrected chi connectivity index (χ2v) is 6.26. The van der Waals surface area contributed by atoms with E-state index in [1.54, 1.807) is 13.1 Å². The van der Waals surface area contributed by atoms with Gasteiger partial charge in [0.15, 0.2) is 5.03 Å². The van der Waals surface area contributed by atoms with Crippen molar-refractivity contribution in [3.63, 3.8) is 0 Å². The summed E-state index contributed by atoms with van der Waals surface area (Å²) < 4.78 is 26.0. The standard InChI is InChI=1S/C11H16N4O3S/c1-14-6-3-7-15(8-10(14)16)19(17,18)11-9(12)4-2-5-13-11/h2,4-5H,3,6-8,12H2,1H3. The molecule has 0 radical (unpaired) electrons. The Bertz CT molecular complexity index is 587. The topological polar surface area (TPSA) is 96.6 Å². The minimum absolute atomic E-state index is 0.0903. The van der Waals surface area contributed by atoms with Gasteiger partial charge in [0.1, 0.15) is 0 Å². The predicted octanol–water partition coefficient (Wildman–Crippen LogP) is -0.483. The number of carbonyl (C=O) groups excluding carboxylic acids is 1. The lowest BCUT2D eigenvalue weighted by Gasteiger charge is -2.19. The van der Waals surface area contributed by atoms with E-state index in [1.165, 1.54) is 17.2 Å². The van der Waals surface area contributed by atoms with Crippen LogP contribution < -0.4 is 5.73 Å². The molecule has 0 spiro atoms. The maximum absolute atomic E-state index is 12.4. The first kappa shape index (κ1) is 13.8. The van der Waals surface area contributed by atoms with Crippen LogP contribution in [0.4, 0.5) is 5.69 Å². The lowest BCUT2D eigenvalue weighted by molar-refractivity contribution is -0.129. The molecule has 8 heteroatoms. The normalized spacial score (nSPS) is 18.4. The molecule has 0 atom stereocenters. The van der Waals surface area contributed by atoms with E-state index in [-0.39, 0.29) is 29.7 Å². The minimum Gasteiger partial charge on any atom is -0.396 e. The van der Waals surface area contributed by atoms with Crippen LogP contribution >= 0.6 is 0 Å². The number of nitrogen functional groups attached to an aromatic ring is 1. The van der Waals surface area contributed by atoms with Gasteiger partial charge in [0, 0.05) is 26.3 Å². The average molecular weight is 284 g/mol. The van der Waals surface area contributed by atoms with Gasteiger partial charge in [-0.1, -0.05) is 0 Å². The van der Waals surface area contributed by atoms with Gasteiger partial charge in [-0.25, -0.2) is 13.4 Å². The zero-order valence-corrected chi connectivity index (χ0v) is 11.4. The minimum atomic E-state index is -3.82. The van der Waals surface area contributed by atoms with Crippen LogP contribution in [0.3, 0.4) is 0 Å². The van der Waals surface area contributed by atoms with Crippen LogP contribution in [-0.4, -0.2) is 55.2 Å². The zero-order chi connectivity index (χ0) is 14.0. The summed E-state index contributed by atoms with van der Waals surface area (Å²) in [4.78, 5) is 17.1. The van der Waals surface area contributed by atoms with Gasteiger partial charge in [-0.2, -0.15) is 4.31 Å².